The van der Waals surface area contributed by atoms with Gasteiger partial charge >= 0.3 is 0 Å². The lowest BCUT2D eigenvalue weighted by atomic mass is 10.2. The summed E-state index contributed by atoms with van der Waals surface area (Å²) in [5.74, 6) is 0.202. The number of amides is 2. The van der Waals surface area contributed by atoms with Crippen LogP contribution in [-0.4, -0.2) is 40.3 Å². The van der Waals surface area contributed by atoms with E-state index in [2.05, 4.69) is 26.0 Å². The zero-order valence-corrected chi connectivity index (χ0v) is 13.1. The van der Waals surface area contributed by atoms with Crippen LogP contribution in [0.15, 0.2) is 34.9 Å². The molecule has 0 aliphatic rings. The van der Waals surface area contributed by atoms with Gasteiger partial charge in [-0.25, -0.2) is 0 Å². The predicted molar refractivity (Wildman–Crippen MR) is 86.4 cm³/mol. The molecule has 0 radical (unpaired) electrons. The molecule has 0 unspecified atom stereocenters. The molecule has 2 amide bonds. The van der Waals surface area contributed by atoms with E-state index < -0.39 is 0 Å². The first-order valence-electron chi connectivity index (χ1n) is 7.53. The molecule has 3 N–H and O–H groups in total. The maximum Gasteiger partial charge on any atom is 0.272 e. The summed E-state index contributed by atoms with van der Waals surface area (Å²) in [5.41, 5.74) is 1.73. The van der Waals surface area contributed by atoms with Crippen LogP contribution in [0.5, 0.6) is 0 Å². The maximum atomic E-state index is 12.1. The van der Waals surface area contributed by atoms with Crippen molar-refractivity contribution in [3.05, 3.63) is 47.5 Å². The zero-order valence-electron chi connectivity index (χ0n) is 13.1. The zero-order chi connectivity index (χ0) is 16.9. The molecule has 0 saturated carbocycles. The second-order valence-electron chi connectivity index (χ2n) is 5.33. The molecule has 24 heavy (non-hydrogen) atoms. The number of aromatic amines is 1. The second kappa shape index (κ2) is 6.95. The number of carbonyl (C=O) groups excluding carboxylic acids is 2. The molecule has 2 heterocycles. The van der Waals surface area contributed by atoms with Crippen molar-refractivity contribution in [2.45, 2.75) is 13.3 Å². The number of H-pyrrole nitrogens is 1. The van der Waals surface area contributed by atoms with Crippen LogP contribution in [0.4, 0.5) is 0 Å². The first-order valence-corrected chi connectivity index (χ1v) is 7.53. The largest absolute Gasteiger partial charge is 0.361 e. The fraction of sp³-hybridized carbons (Fsp3) is 0.250. The first kappa shape index (κ1) is 15.7. The predicted octanol–water partition coefficient (Wildman–Crippen LogP) is 0.948. The number of nitrogens with one attached hydrogen (secondary N) is 3. The average Bonchev–Trinajstić information content (AvgIpc) is 3.17. The van der Waals surface area contributed by atoms with E-state index >= 15 is 0 Å². The Morgan fingerprint density at radius 3 is 2.79 bits per heavy atom. The number of carbonyl (C=O) groups is 2. The van der Waals surface area contributed by atoms with Crippen LogP contribution >= 0.6 is 0 Å². The van der Waals surface area contributed by atoms with Crippen LogP contribution in [0.2, 0.25) is 0 Å². The summed E-state index contributed by atoms with van der Waals surface area (Å²) < 4.78 is 4.90. The van der Waals surface area contributed by atoms with Gasteiger partial charge in [-0.3, -0.25) is 14.7 Å². The summed E-state index contributed by atoms with van der Waals surface area (Å²) in [7, 11) is 0. The van der Waals surface area contributed by atoms with Gasteiger partial charge in [0.15, 0.2) is 5.69 Å². The van der Waals surface area contributed by atoms with E-state index in [1.165, 1.54) is 0 Å². The van der Waals surface area contributed by atoms with E-state index in [4.69, 9.17) is 4.52 Å². The van der Waals surface area contributed by atoms with Gasteiger partial charge in [0.1, 0.15) is 5.76 Å². The Morgan fingerprint density at radius 1 is 1.21 bits per heavy atom. The van der Waals surface area contributed by atoms with Gasteiger partial charge in [-0.2, -0.15) is 5.10 Å². The van der Waals surface area contributed by atoms with Crippen molar-refractivity contribution < 1.29 is 14.1 Å². The second-order valence-corrected chi connectivity index (χ2v) is 5.33. The highest BCUT2D eigenvalue weighted by molar-refractivity contribution is 6.04. The number of rotatable bonds is 6. The molecular formula is C16H17N5O3. The fourth-order valence-electron chi connectivity index (χ4n) is 2.33. The molecule has 8 nitrogen and oxygen atoms in total. The van der Waals surface area contributed by atoms with E-state index in [0.29, 0.717) is 30.2 Å². The van der Waals surface area contributed by atoms with Crippen LogP contribution < -0.4 is 10.6 Å². The minimum atomic E-state index is -0.283. The van der Waals surface area contributed by atoms with Gasteiger partial charge in [-0.05, 0) is 13.0 Å². The third-order valence-corrected chi connectivity index (χ3v) is 3.44. The van der Waals surface area contributed by atoms with E-state index in [-0.39, 0.29) is 18.2 Å². The van der Waals surface area contributed by atoms with Crippen LogP contribution in [0.1, 0.15) is 21.9 Å². The highest BCUT2D eigenvalue weighted by Crippen LogP contribution is 2.14. The summed E-state index contributed by atoms with van der Waals surface area (Å²) in [6.07, 6.45) is 0.148. The number of benzene rings is 1. The molecular weight excluding hydrogens is 310 g/mol. The Morgan fingerprint density at radius 2 is 2.00 bits per heavy atom. The van der Waals surface area contributed by atoms with Gasteiger partial charge in [0.05, 0.1) is 17.6 Å². The van der Waals surface area contributed by atoms with Gasteiger partial charge in [-0.1, -0.05) is 23.4 Å². The topological polar surface area (TPSA) is 113 Å². The first-order chi connectivity index (χ1) is 11.6. The number of para-hydroxylation sites is 1. The molecule has 0 aliphatic heterocycles. The van der Waals surface area contributed by atoms with Gasteiger partial charge in [0.25, 0.3) is 5.91 Å². The molecule has 0 saturated heterocycles. The Labute approximate surface area is 137 Å². The van der Waals surface area contributed by atoms with Gasteiger partial charge in [0, 0.05) is 24.5 Å². The van der Waals surface area contributed by atoms with Crippen LogP contribution in [-0.2, 0) is 11.2 Å². The van der Waals surface area contributed by atoms with E-state index in [0.717, 1.165) is 10.9 Å². The Balaban J connectivity index is 1.44. The minimum absolute atomic E-state index is 0.148. The van der Waals surface area contributed by atoms with Crippen LogP contribution in [0, 0.1) is 6.92 Å². The van der Waals surface area contributed by atoms with Crippen molar-refractivity contribution in [1.29, 1.82) is 0 Å². The van der Waals surface area contributed by atoms with Crippen molar-refractivity contribution >= 4 is 22.7 Å². The van der Waals surface area contributed by atoms with Crippen LogP contribution in [0.25, 0.3) is 10.9 Å². The number of aryl methyl sites for hydroxylation is 1. The highest BCUT2D eigenvalue weighted by atomic mass is 16.5. The minimum Gasteiger partial charge on any atom is -0.361 e. The van der Waals surface area contributed by atoms with Crippen molar-refractivity contribution in [3.8, 4) is 0 Å². The quantitative estimate of drug-likeness (QED) is 0.583. The molecule has 0 spiro atoms. The van der Waals surface area contributed by atoms with Crippen molar-refractivity contribution in [1.82, 2.24) is 26.0 Å². The van der Waals surface area contributed by atoms with E-state index in [1.54, 1.807) is 13.0 Å². The lowest BCUT2D eigenvalue weighted by Gasteiger charge is -2.05. The number of fused-ring (bicyclic) bond motifs is 1. The smallest absolute Gasteiger partial charge is 0.272 e. The average molecular weight is 327 g/mol. The molecule has 3 rings (SSSR count). The van der Waals surface area contributed by atoms with Crippen molar-refractivity contribution in [2.24, 2.45) is 0 Å². The maximum absolute atomic E-state index is 12.1. The molecule has 2 aromatic heterocycles. The summed E-state index contributed by atoms with van der Waals surface area (Å²) >= 11 is 0. The molecule has 8 heteroatoms. The van der Waals surface area contributed by atoms with Gasteiger partial charge in [0.2, 0.25) is 5.91 Å². The molecule has 0 fully saturated rings. The van der Waals surface area contributed by atoms with Crippen molar-refractivity contribution in [3.63, 3.8) is 0 Å². The number of nitrogens with zero attached hydrogens (tertiary/aromatic N) is 2. The molecule has 1 aromatic carbocycles. The summed E-state index contributed by atoms with van der Waals surface area (Å²) in [4.78, 5) is 23.9. The molecule has 124 valence electrons. The van der Waals surface area contributed by atoms with Crippen LogP contribution in [0.3, 0.4) is 0 Å². The molecule has 0 bridgehead atoms. The third-order valence-electron chi connectivity index (χ3n) is 3.44. The number of aromatic nitrogens is 3. The van der Waals surface area contributed by atoms with Gasteiger partial charge in [-0.15, -0.1) is 0 Å². The lowest BCUT2D eigenvalue weighted by Crippen LogP contribution is -2.35. The Hall–Kier alpha value is -3.16. The molecule has 0 atom stereocenters. The van der Waals surface area contributed by atoms with E-state index in [1.807, 2.05) is 24.3 Å². The normalized spacial score (nSPS) is 10.7. The summed E-state index contributed by atoms with van der Waals surface area (Å²) in [5, 5.41) is 16.8. The van der Waals surface area contributed by atoms with Gasteiger partial charge < -0.3 is 15.2 Å². The standard InChI is InChI=1S/C16H17N5O3/c1-10-8-11(21-24-10)9-14(22)17-6-7-18-16(23)15-12-4-2-3-5-13(12)19-20-15/h2-5,8H,6-7,9H2,1H3,(H,17,22)(H,18,23)(H,19,20). The summed E-state index contributed by atoms with van der Waals surface area (Å²) in [6, 6.07) is 9.11. The number of hydrogen-bond acceptors (Lipinski definition) is 5. The lowest BCUT2D eigenvalue weighted by molar-refractivity contribution is -0.120. The highest BCUT2D eigenvalue weighted by Gasteiger charge is 2.13. The fourth-order valence-corrected chi connectivity index (χ4v) is 2.33. The van der Waals surface area contributed by atoms with Crippen molar-refractivity contribution in [2.75, 3.05) is 13.1 Å². The van der Waals surface area contributed by atoms with E-state index in [9.17, 15) is 9.59 Å². The SMILES string of the molecule is Cc1cc(CC(=O)NCCNC(=O)c2n[nH]c3ccccc23)no1. The summed E-state index contributed by atoms with van der Waals surface area (Å²) in [6.45, 7) is 2.40. The monoisotopic (exact) mass is 327 g/mol. The Kier molecular flexibility index (Phi) is 4.55. The number of hydrogen-bond donors (Lipinski definition) is 3. The Bertz CT molecular complexity index is 867. The molecule has 0 aliphatic carbocycles. The third kappa shape index (κ3) is 3.60. The molecule has 3 aromatic rings.